The Bertz CT molecular complexity index is 1780. The Hall–Kier alpha value is -4.74. The van der Waals surface area contributed by atoms with E-state index >= 15 is 0 Å². The van der Waals surface area contributed by atoms with Crippen molar-refractivity contribution in [2.45, 2.75) is 13.1 Å². The molecule has 0 N–H and O–H groups in total. The van der Waals surface area contributed by atoms with Gasteiger partial charge in [0.25, 0.3) is 0 Å². The molecule has 8 heteroatoms. The molecule has 2 aliphatic rings. The molecule has 5 aromatic rings. The minimum Gasteiger partial charge on any atom is -0.369 e. The molecule has 198 valence electrons. The predicted octanol–water partition coefficient (Wildman–Crippen LogP) is 4.76. The van der Waals surface area contributed by atoms with Crippen LogP contribution in [-0.2, 0) is 13.1 Å². The first kappa shape index (κ1) is 24.3. The number of piperazine rings is 1. The van der Waals surface area contributed by atoms with E-state index in [1.807, 2.05) is 36.4 Å². The Morgan fingerprint density at radius 2 is 1.70 bits per heavy atom. The highest BCUT2D eigenvalue weighted by Gasteiger charge is 2.23. The fraction of sp³-hybridized carbons (Fsp3) is 0.219. The van der Waals surface area contributed by atoms with Crippen LogP contribution < -0.4 is 9.80 Å². The smallest absolute Gasteiger partial charge is 0.226 e. The van der Waals surface area contributed by atoms with Crippen molar-refractivity contribution in [2.75, 3.05) is 43.0 Å². The number of rotatable bonds is 3. The quantitative estimate of drug-likeness (QED) is 0.314. The molecular formula is C32H28FN7. The molecule has 0 unspecified atom stereocenters. The average Bonchev–Trinajstić information content (AvgIpc) is 3.60. The van der Waals surface area contributed by atoms with E-state index in [9.17, 15) is 4.39 Å². The van der Waals surface area contributed by atoms with Gasteiger partial charge in [-0.1, -0.05) is 24.3 Å². The fourth-order valence-corrected chi connectivity index (χ4v) is 5.43. The number of nitrogens with zero attached hydrogens (tertiary/aromatic N) is 7. The number of anilines is 2. The summed E-state index contributed by atoms with van der Waals surface area (Å²) >= 11 is 0. The van der Waals surface area contributed by atoms with E-state index in [-0.39, 0.29) is 5.82 Å². The molecular weight excluding hydrogens is 501 g/mol. The van der Waals surface area contributed by atoms with Gasteiger partial charge in [-0.15, -0.1) is 0 Å². The summed E-state index contributed by atoms with van der Waals surface area (Å²) in [5, 5.41) is 5.34. The van der Waals surface area contributed by atoms with Crippen LogP contribution in [0.1, 0.15) is 16.7 Å². The molecule has 7 rings (SSSR count). The molecule has 4 heterocycles. The first-order chi connectivity index (χ1) is 19.6. The Morgan fingerprint density at radius 3 is 2.60 bits per heavy atom. The predicted molar refractivity (Wildman–Crippen MR) is 155 cm³/mol. The summed E-state index contributed by atoms with van der Waals surface area (Å²) in [4.78, 5) is 16.4. The summed E-state index contributed by atoms with van der Waals surface area (Å²) < 4.78 is 16.3. The van der Waals surface area contributed by atoms with Crippen LogP contribution >= 0.6 is 0 Å². The van der Waals surface area contributed by atoms with Crippen LogP contribution in [-0.4, -0.2) is 57.9 Å². The Morgan fingerprint density at radius 1 is 0.850 bits per heavy atom. The molecule has 1 saturated heterocycles. The largest absolute Gasteiger partial charge is 0.369 e. The van der Waals surface area contributed by atoms with Crippen molar-refractivity contribution in [3.8, 4) is 23.2 Å². The van der Waals surface area contributed by atoms with E-state index < -0.39 is 0 Å². The molecule has 0 bridgehead atoms. The highest BCUT2D eigenvalue weighted by Crippen LogP contribution is 2.31. The lowest BCUT2D eigenvalue weighted by Crippen LogP contribution is -2.44. The van der Waals surface area contributed by atoms with Crippen LogP contribution in [0.2, 0.25) is 0 Å². The van der Waals surface area contributed by atoms with Crippen LogP contribution in [0.3, 0.4) is 0 Å². The van der Waals surface area contributed by atoms with Gasteiger partial charge in [0, 0.05) is 73.7 Å². The van der Waals surface area contributed by atoms with Crippen molar-refractivity contribution in [1.29, 1.82) is 0 Å². The first-order valence-corrected chi connectivity index (χ1v) is 13.5. The number of hydrogen-bond donors (Lipinski definition) is 0. The summed E-state index contributed by atoms with van der Waals surface area (Å²) in [7, 11) is 2.17. The second-order valence-electron chi connectivity index (χ2n) is 10.4. The standard InChI is InChI=1S/C32H28FN7/c1-37-12-14-38(15-13-37)29-7-6-25-21-39(22-27(25)19-29)32-34-10-8-30(36-32)26-16-23(17-28(33)18-26)9-11-40-31-5-3-2-4-24(31)20-35-40/h2-8,10,16-20H,12-15,21-22H2,1H3. The molecule has 3 aromatic carbocycles. The second-order valence-corrected chi connectivity index (χ2v) is 10.4. The summed E-state index contributed by atoms with van der Waals surface area (Å²) in [5.74, 6) is 3.33. The topological polar surface area (TPSA) is 53.3 Å². The van der Waals surface area contributed by atoms with Crippen molar-refractivity contribution >= 4 is 22.5 Å². The minimum atomic E-state index is -0.364. The van der Waals surface area contributed by atoms with Crippen molar-refractivity contribution < 1.29 is 4.39 Å². The summed E-state index contributed by atoms with van der Waals surface area (Å²) in [6.07, 6.45) is 3.51. The highest BCUT2D eigenvalue weighted by molar-refractivity contribution is 5.79. The second kappa shape index (κ2) is 10.1. The lowest BCUT2D eigenvalue weighted by Gasteiger charge is -2.34. The van der Waals surface area contributed by atoms with Gasteiger partial charge in [-0.05, 0) is 66.6 Å². The molecule has 0 spiro atoms. The lowest BCUT2D eigenvalue weighted by atomic mass is 10.1. The van der Waals surface area contributed by atoms with Crippen LogP contribution in [0, 0.1) is 17.8 Å². The fourth-order valence-electron chi connectivity index (χ4n) is 5.43. The molecule has 0 atom stereocenters. The molecule has 0 amide bonds. The maximum absolute atomic E-state index is 14.7. The molecule has 0 aliphatic carbocycles. The van der Waals surface area contributed by atoms with Gasteiger partial charge in [0.15, 0.2) is 0 Å². The molecule has 7 nitrogen and oxygen atoms in total. The number of halogens is 1. The van der Waals surface area contributed by atoms with Crippen LogP contribution in [0.15, 0.2) is 79.1 Å². The maximum atomic E-state index is 14.7. The number of benzene rings is 3. The number of aromatic nitrogens is 4. The zero-order valence-corrected chi connectivity index (χ0v) is 22.3. The molecule has 2 aliphatic heterocycles. The summed E-state index contributed by atoms with van der Waals surface area (Å²) in [5.41, 5.74) is 6.66. The van der Waals surface area contributed by atoms with Crippen molar-refractivity contribution in [2.24, 2.45) is 0 Å². The highest BCUT2D eigenvalue weighted by atomic mass is 19.1. The lowest BCUT2D eigenvalue weighted by molar-refractivity contribution is 0.313. The third kappa shape index (κ3) is 4.76. The number of para-hydroxylation sites is 1. The van der Waals surface area contributed by atoms with Crippen LogP contribution in [0.4, 0.5) is 16.0 Å². The number of hydrogen-bond acceptors (Lipinski definition) is 6. The molecule has 40 heavy (non-hydrogen) atoms. The minimum absolute atomic E-state index is 0.364. The first-order valence-electron chi connectivity index (χ1n) is 13.5. The van der Waals surface area contributed by atoms with Crippen molar-refractivity contribution in [3.63, 3.8) is 0 Å². The Balaban J connectivity index is 1.12. The number of likely N-dealkylation sites (N-methyl/N-ethyl adjacent to an activating group) is 1. The van der Waals surface area contributed by atoms with E-state index in [0.717, 1.165) is 50.2 Å². The van der Waals surface area contributed by atoms with Gasteiger partial charge >= 0.3 is 0 Å². The van der Waals surface area contributed by atoms with E-state index in [1.165, 1.54) is 28.9 Å². The third-order valence-electron chi connectivity index (χ3n) is 7.68. The average molecular weight is 530 g/mol. The van der Waals surface area contributed by atoms with Gasteiger partial charge in [0.2, 0.25) is 5.95 Å². The monoisotopic (exact) mass is 529 g/mol. The van der Waals surface area contributed by atoms with Gasteiger partial charge in [-0.2, -0.15) is 9.78 Å². The van der Waals surface area contributed by atoms with Gasteiger partial charge in [-0.25, -0.2) is 14.4 Å². The van der Waals surface area contributed by atoms with Crippen LogP contribution in [0.25, 0.3) is 22.2 Å². The Kier molecular flexibility index (Phi) is 6.14. The SMILES string of the molecule is CN1CCN(c2ccc3c(c2)CN(c2nccc(-c4cc(F)cc(C#Cn5ncc6ccccc65)c4)n2)C3)CC1. The maximum Gasteiger partial charge on any atom is 0.226 e. The molecule has 1 fully saturated rings. The molecule has 2 aromatic heterocycles. The zero-order chi connectivity index (χ0) is 27.1. The molecule has 0 saturated carbocycles. The third-order valence-corrected chi connectivity index (χ3v) is 7.68. The normalized spacial score (nSPS) is 15.2. The van der Waals surface area contributed by atoms with E-state index in [4.69, 9.17) is 4.98 Å². The van der Waals surface area contributed by atoms with E-state index in [0.29, 0.717) is 22.8 Å². The van der Waals surface area contributed by atoms with Crippen LogP contribution in [0.5, 0.6) is 0 Å². The van der Waals surface area contributed by atoms with Gasteiger partial charge < -0.3 is 14.7 Å². The van der Waals surface area contributed by atoms with E-state index in [2.05, 4.69) is 62.0 Å². The molecule has 0 radical (unpaired) electrons. The van der Waals surface area contributed by atoms with E-state index in [1.54, 1.807) is 17.1 Å². The van der Waals surface area contributed by atoms with Gasteiger partial charge in [0.05, 0.1) is 17.4 Å². The van der Waals surface area contributed by atoms with Crippen molar-refractivity contribution in [1.82, 2.24) is 24.6 Å². The summed E-state index contributed by atoms with van der Waals surface area (Å²) in [6, 6.07) is 24.2. The Labute approximate surface area is 232 Å². The zero-order valence-electron chi connectivity index (χ0n) is 22.3. The van der Waals surface area contributed by atoms with Gasteiger partial charge in [-0.3, -0.25) is 0 Å². The number of fused-ring (bicyclic) bond motifs is 2. The summed E-state index contributed by atoms with van der Waals surface area (Å²) in [6.45, 7) is 5.75. The van der Waals surface area contributed by atoms with Gasteiger partial charge in [0.1, 0.15) is 5.82 Å². The van der Waals surface area contributed by atoms with Crippen molar-refractivity contribution in [3.05, 3.63) is 102 Å².